The van der Waals surface area contributed by atoms with E-state index >= 15 is 0 Å². The standard InChI is InChI=1S/C19H19ClFNOS/c20-16-3-1-2-14(12-16)13-24-11-10-22-18(23)19(8-9-19)15-4-6-17(21)7-5-15/h1-7,12H,8-11,13H2,(H,22,23). The third kappa shape index (κ3) is 4.11. The van der Waals surface area contributed by atoms with Gasteiger partial charge in [-0.25, -0.2) is 4.39 Å². The minimum absolute atomic E-state index is 0.0532. The highest BCUT2D eigenvalue weighted by Crippen LogP contribution is 2.48. The van der Waals surface area contributed by atoms with Gasteiger partial charge < -0.3 is 5.32 Å². The van der Waals surface area contributed by atoms with Gasteiger partial charge in [0, 0.05) is 23.1 Å². The van der Waals surface area contributed by atoms with Crippen LogP contribution < -0.4 is 5.32 Å². The number of thioether (sulfide) groups is 1. The first-order chi connectivity index (χ1) is 11.6. The summed E-state index contributed by atoms with van der Waals surface area (Å²) in [5.74, 6) is 1.50. The molecule has 0 aliphatic heterocycles. The molecule has 0 radical (unpaired) electrons. The summed E-state index contributed by atoms with van der Waals surface area (Å²) >= 11 is 7.72. The maximum atomic E-state index is 13.0. The van der Waals surface area contributed by atoms with E-state index in [1.54, 1.807) is 23.9 Å². The van der Waals surface area contributed by atoms with Gasteiger partial charge in [0.05, 0.1) is 5.41 Å². The summed E-state index contributed by atoms with van der Waals surface area (Å²) in [5.41, 5.74) is 1.66. The van der Waals surface area contributed by atoms with Crippen LogP contribution in [0.25, 0.3) is 0 Å². The van der Waals surface area contributed by atoms with Crippen molar-refractivity contribution in [2.45, 2.75) is 24.0 Å². The van der Waals surface area contributed by atoms with E-state index in [9.17, 15) is 9.18 Å². The number of hydrogen-bond acceptors (Lipinski definition) is 2. The maximum absolute atomic E-state index is 13.0. The lowest BCUT2D eigenvalue weighted by Crippen LogP contribution is -2.36. The number of carbonyl (C=O) groups excluding carboxylic acids is 1. The maximum Gasteiger partial charge on any atom is 0.230 e. The van der Waals surface area contributed by atoms with Gasteiger partial charge >= 0.3 is 0 Å². The van der Waals surface area contributed by atoms with Crippen molar-refractivity contribution in [1.82, 2.24) is 5.32 Å². The fourth-order valence-electron chi connectivity index (χ4n) is 2.76. The normalized spacial score (nSPS) is 15.1. The smallest absolute Gasteiger partial charge is 0.230 e. The van der Waals surface area contributed by atoms with Crippen LogP contribution in [-0.4, -0.2) is 18.2 Å². The molecule has 0 bridgehead atoms. The molecule has 2 nitrogen and oxygen atoms in total. The Kier molecular flexibility index (Phi) is 5.47. The molecule has 1 amide bonds. The highest BCUT2D eigenvalue weighted by molar-refractivity contribution is 7.98. The number of amides is 1. The highest BCUT2D eigenvalue weighted by atomic mass is 35.5. The molecule has 0 atom stereocenters. The summed E-state index contributed by atoms with van der Waals surface area (Å²) < 4.78 is 13.0. The van der Waals surface area contributed by atoms with Crippen molar-refractivity contribution in [3.63, 3.8) is 0 Å². The molecule has 0 saturated heterocycles. The molecule has 0 aromatic heterocycles. The van der Waals surface area contributed by atoms with Crippen LogP contribution >= 0.6 is 23.4 Å². The zero-order valence-electron chi connectivity index (χ0n) is 13.2. The molecular formula is C19H19ClFNOS. The number of hydrogen-bond donors (Lipinski definition) is 1. The topological polar surface area (TPSA) is 29.1 Å². The summed E-state index contributed by atoms with van der Waals surface area (Å²) in [5, 5.41) is 3.76. The monoisotopic (exact) mass is 363 g/mol. The van der Waals surface area contributed by atoms with Gasteiger partial charge in [-0.05, 0) is 48.2 Å². The van der Waals surface area contributed by atoms with E-state index in [-0.39, 0.29) is 11.7 Å². The van der Waals surface area contributed by atoms with Gasteiger partial charge in [-0.15, -0.1) is 0 Å². The Labute approximate surface area is 150 Å². The van der Waals surface area contributed by atoms with Crippen molar-refractivity contribution in [2.24, 2.45) is 0 Å². The Balaban J connectivity index is 1.43. The predicted molar refractivity (Wildman–Crippen MR) is 97.9 cm³/mol. The van der Waals surface area contributed by atoms with Gasteiger partial charge in [-0.2, -0.15) is 11.8 Å². The van der Waals surface area contributed by atoms with E-state index in [1.165, 1.54) is 17.7 Å². The van der Waals surface area contributed by atoms with E-state index in [0.29, 0.717) is 6.54 Å². The number of carbonyl (C=O) groups is 1. The van der Waals surface area contributed by atoms with Crippen LogP contribution in [0, 0.1) is 5.82 Å². The molecule has 2 aromatic carbocycles. The van der Waals surface area contributed by atoms with Crippen molar-refractivity contribution in [3.05, 3.63) is 70.5 Å². The van der Waals surface area contributed by atoms with Crippen LogP contribution in [-0.2, 0) is 16.0 Å². The van der Waals surface area contributed by atoms with Crippen molar-refractivity contribution in [3.8, 4) is 0 Å². The molecular weight excluding hydrogens is 345 g/mol. The number of benzene rings is 2. The second-order valence-corrected chi connectivity index (χ2v) is 7.57. The van der Waals surface area contributed by atoms with Crippen molar-refractivity contribution < 1.29 is 9.18 Å². The Bertz CT molecular complexity index is 716. The van der Waals surface area contributed by atoms with Gasteiger partial charge in [-0.3, -0.25) is 4.79 Å². The second kappa shape index (κ2) is 7.58. The fourth-order valence-corrected chi connectivity index (χ4v) is 3.78. The van der Waals surface area contributed by atoms with Crippen LogP contribution in [0.4, 0.5) is 4.39 Å². The third-order valence-corrected chi connectivity index (χ3v) is 5.54. The van der Waals surface area contributed by atoms with Crippen molar-refractivity contribution in [2.75, 3.05) is 12.3 Å². The average molecular weight is 364 g/mol. The molecule has 0 spiro atoms. The molecule has 2 aromatic rings. The van der Waals surface area contributed by atoms with Crippen LogP contribution in [0.5, 0.6) is 0 Å². The molecule has 0 heterocycles. The quantitative estimate of drug-likeness (QED) is 0.730. The van der Waals surface area contributed by atoms with Crippen molar-refractivity contribution >= 4 is 29.3 Å². The Morgan fingerprint density at radius 3 is 2.62 bits per heavy atom. The first kappa shape index (κ1) is 17.3. The van der Waals surface area contributed by atoms with Gasteiger partial charge in [0.2, 0.25) is 5.91 Å². The van der Waals surface area contributed by atoms with Crippen LogP contribution in [0.2, 0.25) is 5.02 Å². The first-order valence-electron chi connectivity index (χ1n) is 7.97. The van der Waals surface area contributed by atoms with Gasteiger partial charge in [0.25, 0.3) is 0 Å². The van der Waals surface area contributed by atoms with Crippen LogP contribution in [0.15, 0.2) is 48.5 Å². The lowest BCUT2D eigenvalue weighted by molar-refractivity contribution is -0.123. The van der Waals surface area contributed by atoms with E-state index in [2.05, 4.69) is 5.32 Å². The molecule has 5 heteroatoms. The molecule has 24 heavy (non-hydrogen) atoms. The summed E-state index contributed by atoms with van der Waals surface area (Å²) in [6.45, 7) is 0.632. The van der Waals surface area contributed by atoms with E-state index in [0.717, 1.165) is 34.9 Å². The molecule has 0 unspecified atom stereocenters. The van der Waals surface area contributed by atoms with Gasteiger partial charge in [0.15, 0.2) is 0 Å². The zero-order valence-corrected chi connectivity index (χ0v) is 14.8. The third-order valence-electron chi connectivity index (χ3n) is 4.27. The molecule has 3 rings (SSSR count). The highest BCUT2D eigenvalue weighted by Gasteiger charge is 2.50. The average Bonchev–Trinajstić information content (AvgIpc) is 3.37. The molecule has 1 aliphatic carbocycles. The molecule has 1 N–H and O–H groups in total. The van der Waals surface area contributed by atoms with Crippen molar-refractivity contribution in [1.29, 1.82) is 0 Å². The molecule has 1 saturated carbocycles. The SMILES string of the molecule is O=C(NCCSCc1cccc(Cl)c1)C1(c2ccc(F)cc2)CC1. The zero-order chi connectivity index (χ0) is 17.0. The number of nitrogens with one attached hydrogen (secondary N) is 1. The molecule has 126 valence electrons. The Hall–Kier alpha value is -1.52. The summed E-state index contributed by atoms with van der Waals surface area (Å²) in [7, 11) is 0. The minimum atomic E-state index is -0.439. The summed E-state index contributed by atoms with van der Waals surface area (Å²) in [6.07, 6.45) is 1.67. The van der Waals surface area contributed by atoms with E-state index in [4.69, 9.17) is 11.6 Å². The lowest BCUT2D eigenvalue weighted by Gasteiger charge is -2.15. The van der Waals surface area contributed by atoms with E-state index in [1.807, 2.05) is 24.3 Å². The first-order valence-corrected chi connectivity index (χ1v) is 9.50. The van der Waals surface area contributed by atoms with Crippen LogP contribution in [0.3, 0.4) is 0 Å². The van der Waals surface area contributed by atoms with Gasteiger partial charge in [-0.1, -0.05) is 35.9 Å². The Morgan fingerprint density at radius 1 is 1.21 bits per heavy atom. The number of halogens is 2. The van der Waals surface area contributed by atoms with Crippen LogP contribution in [0.1, 0.15) is 24.0 Å². The second-order valence-electron chi connectivity index (χ2n) is 6.03. The fraction of sp³-hybridized carbons (Fsp3) is 0.316. The lowest BCUT2D eigenvalue weighted by atomic mass is 9.95. The molecule has 1 aliphatic rings. The summed E-state index contributed by atoms with van der Waals surface area (Å²) in [4.78, 5) is 12.5. The van der Waals surface area contributed by atoms with E-state index < -0.39 is 5.41 Å². The number of rotatable bonds is 7. The predicted octanol–water partition coefficient (Wildman–Crippen LogP) is 4.56. The minimum Gasteiger partial charge on any atom is -0.355 e. The summed E-state index contributed by atoms with van der Waals surface area (Å²) in [6, 6.07) is 14.1. The largest absolute Gasteiger partial charge is 0.355 e. The molecule has 1 fully saturated rings. The Morgan fingerprint density at radius 2 is 1.96 bits per heavy atom. The van der Waals surface area contributed by atoms with Gasteiger partial charge in [0.1, 0.15) is 5.82 Å².